The maximum Gasteiger partial charge on any atom is 0.193 e. The van der Waals surface area contributed by atoms with Crippen molar-refractivity contribution in [3.05, 3.63) is 33.3 Å². The van der Waals surface area contributed by atoms with Gasteiger partial charge in [0, 0.05) is 5.57 Å². The van der Waals surface area contributed by atoms with E-state index in [0.29, 0.717) is 28.0 Å². The first-order valence-corrected chi connectivity index (χ1v) is 7.08. The van der Waals surface area contributed by atoms with E-state index in [2.05, 4.69) is 15.9 Å². The van der Waals surface area contributed by atoms with Gasteiger partial charge in [-0.25, -0.2) is 0 Å². The number of hydrogen-bond acceptors (Lipinski definition) is 4. The molecule has 0 saturated carbocycles. The minimum atomic E-state index is -0.217. The van der Waals surface area contributed by atoms with Crippen LogP contribution in [-0.2, 0) is 0 Å². The minimum Gasteiger partial charge on any atom is -0.496 e. The first kappa shape index (κ1) is 14.8. The molecule has 2 rings (SSSR count). The predicted molar refractivity (Wildman–Crippen MR) is 78.9 cm³/mol. The molecule has 1 aromatic carbocycles. The highest BCUT2D eigenvalue weighted by molar-refractivity contribution is 9.10. The third-order valence-corrected chi connectivity index (χ3v) is 3.80. The highest BCUT2D eigenvalue weighted by Crippen LogP contribution is 2.41. The lowest BCUT2D eigenvalue weighted by molar-refractivity contribution is 0.0976. The second-order valence-electron chi connectivity index (χ2n) is 4.46. The Kier molecular flexibility index (Phi) is 4.28. The van der Waals surface area contributed by atoms with Gasteiger partial charge in [0.25, 0.3) is 0 Å². The summed E-state index contributed by atoms with van der Waals surface area (Å²) in [4.78, 5) is 24.9. The molecule has 4 nitrogen and oxygen atoms in total. The average molecular weight is 339 g/mol. The number of fused-ring (bicyclic) bond motifs is 1. The maximum atomic E-state index is 12.6. The van der Waals surface area contributed by atoms with Gasteiger partial charge in [0.2, 0.25) is 0 Å². The van der Waals surface area contributed by atoms with E-state index < -0.39 is 0 Å². The van der Waals surface area contributed by atoms with Crippen molar-refractivity contribution in [3.63, 3.8) is 0 Å². The van der Waals surface area contributed by atoms with Crippen LogP contribution in [-0.4, -0.2) is 25.8 Å². The van der Waals surface area contributed by atoms with E-state index in [4.69, 9.17) is 9.47 Å². The molecule has 0 aromatic heterocycles. The largest absolute Gasteiger partial charge is 0.496 e. The molecule has 0 N–H and O–H groups in total. The van der Waals surface area contributed by atoms with Crippen molar-refractivity contribution < 1.29 is 19.1 Å². The molecule has 0 bridgehead atoms. The van der Waals surface area contributed by atoms with Gasteiger partial charge >= 0.3 is 0 Å². The number of carbonyl (C=O) groups excluding carboxylic acids is 2. The predicted octanol–water partition coefficient (Wildman–Crippen LogP) is 3.57. The van der Waals surface area contributed by atoms with E-state index in [0.717, 1.165) is 6.42 Å². The second-order valence-corrected chi connectivity index (χ2v) is 5.31. The Labute approximate surface area is 125 Å². The molecule has 1 aliphatic rings. The Bertz CT molecular complexity index is 617. The number of Topliss-reactive ketones (excluding diaryl/α,β-unsaturated/α-hetero) is 1. The summed E-state index contributed by atoms with van der Waals surface area (Å²) in [5, 5.41) is 0. The summed E-state index contributed by atoms with van der Waals surface area (Å²) in [7, 11) is 2.94. The molecule has 0 atom stereocenters. The summed E-state index contributed by atoms with van der Waals surface area (Å²) in [6.45, 7) is 1.97. The molecule has 0 saturated heterocycles. The molecule has 106 valence electrons. The van der Waals surface area contributed by atoms with Crippen LogP contribution in [0.4, 0.5) is 0 Å². The van der Waals surface area contributed by atoms with Gasteiger partial charge in [0.15, 0.2) is 11.6 Å². The fourth-order valence-electron chi connectivity index (χ4n) is 2.34. The number of methoxy groups -OCH3 is 2. The van der Waals surface area contributed by atoms with Crippen LogP contribution in [0, 0.1) is 0 Å². The first-order valence-electron chi connectivity index (χ1n) is 6.29. The quantitative estimate of drug-likeness (QED) is 0.842. The van der Waals surface area contributed by atoms with Crippen molar-refractivity contribution in [2.24, 2.45) is 0 Å². The third kappa shape index (κ3) is 2.26. The fraction of sp³-hybridized carbons (Fsp3) is 0.333. The lowest BCUT2D eigenvalue weighted by Crippen LogP contribution is -2.19. The summed E-state index contributed by atoms with van der Waals surface area (Å²) in [5.74, 6) is 0.363. The zero-order valence-corrected chi connectivity index (χ0v) is 13.2. The van der Waals surface area contributed by atoms with Crippen molar-refractivity contribution in [2.75, 3.05) is 14.2 Å². The molecule has 1 aromatic rings. The molecule has 0 fully saturated rings. The molecule has 0 amide bonds. The van der Waals surface area contributed by atoms with Crippen LogP contribution in [0.2, 0.25) is 0 Å². The van der Waals surface area contributed by atoms with Crippen molar-refractivity contribution in [1.82, 2.24) is 0 Å². The normalized spacial score (nSPS) is 13.9. The van der Waals surface area contributed by atoms with Gasteiger partial charge in [0.1, 0.15) is 11.5 Å². The third-order valence-electron chi connectivity index (χ3n) is 3.21. The number of allylic oxidation sites excluding steroid dienone is 2. The molecule has 1 aliphatic carbocycles. The van der Waals surface area contributed by atoms with E-state index >= 15 is 0 Å². The van der Waals surface area contributed by atoms with Gasteiger partial charge in [-0.2, -0.15) is 0 Å². The van der Waals surface area contributed by atoms with Crippen molar-refractivity contribution in [2.45, 2.75) is 19.8 Å². The summed E-state index contributed by atoms with van der Waals surface area (Å²) < 4.78 is 11.1. The zero-order chi connectivity index (χ0) is 14.9. The standard InChI is InChI=1S/C15H15BrO4/c1-4-5-8-6-10(17)12-11(19-2)7-9(16)15(20-3)13(12)14(8)18/h6-7H,4-5H2,1-3H3. The molecule has 0 unspecified atom stereocenters. The Morgan fingerprint density at radius 1 is 1.15 bits per heavy atom. The van der Waals surface area contributed by atoms with E-state index in [-0.39, 0.29) is 22.7 Å². The number of hydrogen-bond donors (Lipinski definition) is 0. The maximum absolute atomic E-state index is 12.6. The number of rotatable bonds is 4. The fourth-order valence-corrected chi connectivity index (χ4v) is 2.91. The Hall–Kier alpha value is -1.62. The van der Waals surface area contributed by atoms with Crippen LogP contribution >= 0.6 is 15.9 Å². The molecule has 0 heterocycles. The molecular weight excluding hydrogens is 324 g/mol. The number of benzene rings is 1. The average Bonchev–Trinajstić information content (AvgIpc) is 2.43. The van der Waals surface area contributed by atoms with Gasteiger partial charge < -0.3 is 9.47 Å². The van der Waals surface area contributed by atoms with Gasteiger partial charge in [-0.3, -0.25) is 9.59 Å². The van der Waals surface area contributed by atoms with Crippen LogP contribution in [0.25, 0.3) is 0 Å². The minimum absolute atomic E-state index is 0.169. The molecule has 20 heavy (non-hydrogen) atoms. The molecule has 0 radical (unpaired) electrons. The SMILES string of the molecule is CCCC1=CC(=O)c2c(OC)cc(Br)c(OC)c2C1=O. The Balaban J connectivity index is 2.74. The van der Waals surface area contributed by atoms with E-state index in [1.807, 2.05) is 6.92 Å². The van der Waals surface area contributed by atoms with Crippen LogP contribution in [0.15, 0.2) is 22.2 Å². The Morgan fingerprint density at radius 3 is 2.40 bits per heavy atom. The first-order chi connectivity index (χ1) is 9.54. The van der Waals surface area contributed by atoms with Crippen molar-refractivity contribution in [1.29, 1.82) is 0 Å². The van der Waals surface area contributed by atoms with Gasteiger partial charge in [-0.05, 0) is 34.5 Å². The van der Waals surface area contributed by atoms with Crippen LogP contribution in [0.3, 0.4) is 0 Å². The topological polar surface area (TPSA) is 52.6 Å². The highest BCUT2D eigenvalue weighted by atomic mass is 79.9. The number of halogens is 1. The van der Waals surface area contributed by atoms with E-state index in [9.17, 15) is 9.59 Å². The summed E-state index contributed by atoms with van der Waals surface area (Å²) in [6.07, 6.45) is 2.78. The summed E-state index contributed by atoms with van der Waals surface area (Å²) in [5.41, 5.74) is 1.08. The van der Waals surface area contributed by atoms with Crippen molar-refractivity contribution >= 4 is 27.5 Å². The second kappa shape index (κ2) is 5.79. The zero-order valence-electron chi connectivity index (χ0n) is 11.6. The van der Waals surface area contributed by atoms with Crippen LogP contribution < -0.4 is 9.47 Å². The smallest absolute Gasteiger partial charge is 0.193 e. The van der Waals surface area contributed by atoms with Gasteiger partial charge in [-0.15, -0.1) is 0 Å². The van der Waals surface area contributed by atoms with Crippen LogP contribution in [0.5, 0.6) is 11.5 Å². The summed E-state index contributed by atoms with van der Waals surface area (Å²) in [6, 6.07) is 1.64. The summed E-state index contributed by atoms with van der Waals surface area (Å²) >= 11 is 3.35. The van der Waals surface area contributed by atoms with E-state index in [1.165, 1.54) is 20.3 Å². The van der Waals surface area contributed by atoms with Crippen LogP contribution in [0.1, 0.15) is 40.5 Å². The molecule has 5 heteroatoms. The highest BCUT2D eigenvalue weighted by Gasteiger charge is 2.32. The molecule has 0 spiro atoms. The van der Waals surface area contributed by atoms with E-state index in [1.54, 1.807) is 6.07 Å². The molecule has 0 aliphatic heterocycles. The number of ether oxygens (including phenoxy) is 2. The molecular formula is C15H15BrO4. The number of ketones is 2. The van der Waals surface area contributed by atoms with Gasteiger partial charge in [0.05, 0.1) is 29.8 Å². The van der Waals surface area contributed by atoms with Crippen molar-refractivity contribution in [3.8, 4) is 11.5 Å². The number of carbonyl (C=O) groups is 2. The Morgan fingerprint density at radius 2 is 1.85 bits per heavy atom. The monoisotopic (exact) mass is 338 g/mol. The lowest BCUT2D eigenvalue weighted by atomic mass is 9.86. The van der Waals surface area contributed by atoms with Gasteiger partial charge in [-0.1, -0.05) is 13.3 Å². The lowest BCUT2D eigenvalue weighted by Gasteiger charge is -2.20.